The average molecular weight is 236 g/mol. The Balaban J connectivity index is 2.74. The molecule has 0 bridgehead atoms. The summed E-state index contributed by atoms with van der Waals surface area (Å²) in [4.78, 5) is 11.3. The highest BCUT2D eigenvalue weighted by Gasteiger charge is 2.10. The van der Waals surface area contributed by atoms with Gasteiger partial charge in [0.05, 0.1) is 0 Å². The van der Waals surface area contributed by atoms with E-state index in [1.165, 1.54) is 0 Å². The normalized spacial score (nSPS) is 10.4. The molecule has 0 aliphatic rings. The Hall–Kier alpha value is -1.65. The van der Waals surface area contributed by atoms with Gasteiger partial charge in [0.25, 0.3) is 0 Å². The average Bonchev–Trinajstić information content (AvgIpc) is 2.32. The molecule has 1 aromatic carbocycles. The second-order valence-corrected chi connectivity index (χ2v) is 3.54. The van der Waals surface area contributed by atoms with Gasteiger partial charge in [-0.3, -0.25) is 0 Å². The smallest absolute Gasteiger partial charge is 0.338 e. The van der Waals surface area contributed by atoms with Gasteiger partial charge < -0.3 is 14.2 Å². The van der Waals surface area contributed by atoms with Crippen LogP contribution in [-0.4, -0.2) is 20.2 Å². The first-order valence-corrected chi connectivity index (χ1v) is 5.11. The Morgan fingerprint density at radius 3 is 2.12 bits per heavy atom. The summed E-state index contributed by atoms with van der Waals surface area (Å²) < 4.78 is 15.3. The van der Waals surface area contributed by atoms with Crippen molar-refractivity contribution in [3.8, 4) is 5.75 Å². The molecule has 0 spiro atoms. The lowest BCUT2D eigenvalue weighted by Gasteiger charge is -2.13. The van der Waals surface area contributed by atoms with Gasteiger partial charge in [0.15, 0.2) is 6.29 Å². The molecule has 0 aliphatic heterocycles. The molecule has 0 fully saturated rings. The Labute approximate surface area is 101 Å². The van der Waals surface area contributed by atoms with Crippen LogP contribution in [0.4, 0.5) is 0 Å². The molecule has 1 aromatic rings. The summed E-state index contributed by atoms with van der Waals surface area (Å²) in [5, 5.41) is 0. The van der Waals surface area contributed by atoms with Crippen LogP contribution in [0.5, 0.6) is 5.75 Å². The van der Waals surface area contributed by atoms with E-state index in [2.05, 4.69) is 6.58 Å². The first-order chi connectivity index (χ1) is 8.08. The monoisotopic (exact) mass is 236 g/mol. The Morgan fingerprint density at radius 2 is 1.71 bits per heavy atom. The second kappa shape index (κ2) is 6.18. The number of carbonyl (C=O) groups excluding carboxylic acids is 1. The Morgan fingerprint density at radius 1 is 1.18 bits per heavy atom. The van der Waals surface area contributed by atoms with Gasteiger partial charge in [0, 0.05) is 25.4 Å². The highest BCUT2D eigenvalue weighted by atomic mass is 16.7. The van der Waals surface area contributed by atoms with E-state index in [1.54, 1.807) is 45.4 Å². The number of carbonyl (C=O) groups is 1. The maximum atomic E-state index is 11.3. The van der Waals surface area contributed by atoms with Gasteiger partial charge in [-0.05, 0) is 19.1 Å². The van der Waals surface area contributed by atoms with E-state index >= 15 is 0 Å². The molecule has 1 rings (SSSR count). The topological polar surface area (TPSA) is 44.8 Å². The van der Waals surface area contributed by atoms with Crippen molar-refractivity contribution in [3.05, 3.63) is 42.0 Å². The maximum Gasteiger partial charge on any atom is 0.338 e. The zero-order chi connectivity index (χ0) is 12.8. The van der Waals surface area contributed by atoms with Crippen molar-refractivity contribution in [3.63, 3.8) is 0 Å². The lowest BCUT2D eigenvalue weighted by atomic mass is 10.2. The lowest BCUT2D eigenvalue weighted by Crippen LogP contribution is -2.08. The summed E-state index contributed by atoms with van der Waals surface area (Å²) >= 11 is 0. The zero-order valence-corrected chi connectivity index (χ0v) is 10.2. The molecule has 0 radical (unpaired) electrons. The van der Waals surface area contributed by atoms with E-state index in [9.17, 15) is 4.79 Å². The van der Waals surface area contributed by atoms with Crippen LogP contribution in [0.1, 0.15) is 18.8 Å². The number of hydrogen-bond acceptors (Lipinski definition) is 4. The molecule has 0 amide bonds. The molecule has 0 unspecified atom stereocenters. The standard InChI is InChI=1S/C13H16O4/c1-9(2)12(14)17-11-7-5-10(6-8-11)13(15-3)16-4/h5-8,13H,1H2,2-4H3. The van der Waals surface area contributed by atoms with Crippen LogP contribution in [0.3, 0.4) is 0 Å². The van der Waals surface area contributed by atoms with Crippen molar-refractivity contribution in [2.45, 2.75) is 13.2 Å². The van der Waals surface area contributed by atoms with E-state index in [4.69, 9.17) is 14.2 Å². The second-order valence-electron chi connectivity index (χ2n) is 3.54. The van der Waals surface area contributed by atoms with Crippen LogP contribution in [0.15, 0.2) is 36.4 Å². The van der Waals surface area contributed by atoms with E-state index in [0.717, 1.165) is 5.56 Å². The summed E-state index contributed by atoms with van der Waals surface area (Å²) in [5.41, 5.74) is 1.21. The molecule has 0 aliphatic carbocycles. The Bertz CT molecular complexity index is 390. The minimum Gasteiger partial charge on any atom is -0.423 e. The summed E-state index contributed by atoms with van der Waals surface area (Å²) in [5.74, 6) is 0.0282. The van der Waals surface area contributed by atoms with Crippen molar-refractivity contribution >= 4 is 5.97 Å². The minimum atomic E-state index is -0.437. The quantitative estimate of drug-likeness (QED) is 0.341. The molecule has 0 saturated carbocycles. The van der Waals surface area contributed by atoms with Gasteiger partial charge >= 0.3 is 5.97 Å². The number of benzene rings is 1. The van der Waals surface area contributed by atoms with Crippen LogP contribution in [0, 0.1) is 0 Å². The fourth-order valence-corrected chi connectivity index (χ4v) is 1.26. The molecule has 0 heterocycles. The molecule has 4 nitrogen and oxygen atoms in total. The third-order valence-corrected chi connectivity index (χ3v) is 2.14. The third kappa shape index (κ3) is 3.69. The summed E-state index contributed by atoms with van der Waals surface area (Å²) in [6.45, 7) is 5.11. The summed E-state index contributed by atoms with van der Waals surface area (Å²) in [6.07, 6.45) is -0.416. The molecule has 0 N–H and O–H groups in total. The molecule has 0 aromatic heterocycles. The van der Waals surface area contributed by atoms with E-state index < -0.39 is 12.3 Å². The van der Waals surface area contributed by atoms with Gasteiger partial charge in [-0.1, -0.05) is 18.7 Å². The highest BCUT2D eigenvalue weighted by molar-refractivity contribution is 5.88. The van der Waals surface area contributed by atoms with E-state index in [-0.39, 0.29) is 0 Å². The van der Waals surface area contributed by atoms with Crippen molar-refractivity contribution in [1.29, 1.82) is 0 Å². The Kier molecular flexibility index (Phi) is 4.87. The van der Waals surface area contributed by atoms with Crippen molar-refractivity contribution < 1.29 is 19.0 Å². The van der Waals surface area contributed by atoms with Gasteiger partial charge in [0.2, 0.25) is 0 Å². The molecule has 17 heavy (non-hydrogen) atoms. The lowest BCUT2D eigenvalue weighted by molar-refractivity contribution is -0.130. The number of esters is 1. The molecule has 92 valence electrons. The number of ether oxygens (including phenoxy) is 3. The molecular formula is C13H16O4. The van der Waals surface area contributed by atoms with Gasteiger partial charge in [-0.15, -0.1) is 0 Å². The zero-order valence-electron chi connectivity index (χ0n) is 10.2. The minimum absolute atomic E-state index is 0.362. The fourth-order valence-electron chi connectivity index (χ4n) is 1.26. The van der Waals surface area contributed by atoms with Crippen LogP contribution in [-0.2, 0) is 14.3 Å². The summed E-state index contributed by atoms with van der Waals surface area (Å²) in [7, 11) is 3.12. The van der Waals surface area contributed by atoms with Crippen molar-refractivity contribution in [2.24, 2.45) is 0 Å². The number of rotatable bonds is 5. The van der Waals surface area contributed by atoms with Gasteiger partial charge in [-0.25, -0.2) is 4.79 Å². The van der Waals surface area contributed by atoms with E-state index in [1.807, 2.05) is 0 Å². The molecule has 4 heteroatoms. The SMILES string of the molecule is C=C(C)C(=O)Oc1ccc(C(OC)OC)cc1. The van der Waals surface area contributed by atoms with Crippen molar-refractivity contribution in [1.82, 2.24) is 0 Å². The maximum absolute atomic E-state index is 11.3. The van der Waals surface area contributed by atoms with E-state index in [0.29, 0.717) is 11.3 Å². The highest BCUT2D eigenvalue weighted by Crippen LogP contribution is 2.20. The molecule has 0 atom stereocenters. The summed E-state index contributed by atoms with van der Waals surface area (Å²) in [6, 6.07) is 6.92. The molecular weight excluding hydrogens is 220 g/mol. The number of hydrogen-bond donors (Lipinski definition) is 0. The third-order valence-electron chi connectivity index (χ3n) is 2.14. The van der Waals surface area contributed by atoms with Gasteiger partial charge in [0.1, 0.15) is 5.75 Å². The number of methoxy groups -OCH3 is 2. The van der Waals surface area contributed by atoms with Crippen LogP contribution < -0.4 is 4.74 Å². The van der Waals surface area contributed by atoms with Crippen LogP contribution >= 0.6 is 0 Å². The van der Waals surface area contributed by atoms with Crippen molar-refractivity contribution in [2.75, 3.05) is 14.2 Å². The predicted octanol–water partition coefficient (Wildman–Crippen LogP) is 2.46. The van der Waals surface area contributed by atoms with Crippen LogP contribution in [0.2, 0.25) is 0 Å². The largest absolute Gasteiger partial charge is 0.423 e. The fraction of sp³-hybridized carbons (Fsp3) is 0.308. The first kappa shape index (κ1) is 13.4. The van der Waals surface area contributed by atoms with Crippen LogP contribution in [0.25, 0.3) is 0 Å². The predicted molar refractivity (Wildman–Crippen MR) is 63.7 cm³/mol. The van der Waals surface area contributed by atoms with Gasteiger partial charge in [-0.2, -0.15) is 0 Å². The molecule has 0 saturated heterocycles. The first-order valence-electron chi connectivity index (χ1n) is 5.11.